The van der Waals surface area contributed by atoms with Crippen LogP contribution in [0.4, 0.5) is 5.69 Å². The zero-order chi connectivity index (χ0) is 23.1. The lowest BCUT2D eigenvalue weighted by Crippen LogP contribution is -2.47. The van der Waals surface area contributed by atoms with Crippen LogP contribution < -0.4 is 4.90 Å². The fourth-order valence-corrected chi connectivity index (χ4v) is 5.80. The van der Waals surface area contributed by atoms with E-state index < -0.39 is 0 Å². The maximum atomic E-state index is 11.3. The number of anilines is 1. The van der Waals surface area contributed by atoms with Crippen LogP contribution in [0.15, 0.2) is 77.4 Å². The highest BCUT2D eigenvalue weighted by atomic mass is 32.1. The summed E-state index contributed by atoms with van der Waals surface area (Å²) in [6.45, 7) is 5.73. The Labute approximate surface area is 201 Å². The predicted octanol–water partition coefficient (Wildman–Crippen LogP) is 4.98. The maximum absolute atomic E-state index is 11.3. The number of furan rings is 1. The van der Waals surface area contributed by atoms with Crippen LogP contribution in [0, 0.1) is 6.92 Å². The zero-order valence-corrected chi connectivity index (χ0v) is 19.7. The van der Waals surface area contributed by atoms with E-state index in [1.54, 1.807) is 12.3 Å². The summed E-state index contributed by atoms with van der Waals surface area (Å²) in [7, 11) is 0. The van der Waals surface area contributed by atoms with Crippen molar-refractivity contribution in [1.82, 2.24) is 19.5 Å². The number of para-hydroxylation sites is 1. The lowest BCUT2D eigenvalue weighted by molar-refractivity contribution is 0.211. The summed E-state index contributed by atoms with van der Waals surface area (Å²) in [6.07, 6.45) is 1.60. The minimum absolute atomic E-state index is 0.0709. The Morgan fingerprint density at radius 3 is 2.50 bits per heavy atom. The number of benzene rings is 2. The molecule has 1 aliphatic rings. The molecule has 8 heteroatoms. The van der Waals surface area contributed by atoms with Crippen molar-refractivity contribution >= 4 is 22.0 Å². The summed E-state index contributed by atoms with van der Waals surface area (Å²) in [4.78, 5) is 11.0. The number of aromatic hydroxyl groups is 1. The van der Waals surface area contributed by atoms with Crippen LogP contribution in [-0.4, -0.2) is 50.8 Å². The first-order chi connectivity index (χ1) is 16.7. The molecule has 34 heavy (non-hydrogen) atoms. The molecule has 1 aliphatic heterocycles. The molecule has 5 aromatic rings. The standard InChI is InChI=1S/C26H25N5O2S/c1-18-7-5-8-19(17-18)22(30-14-12-29(13-15-30)20-9-3-2-4-10-20)23-25(32)31-26(34-23)27-24(28-31)21-11-6-16-33-21/h2-11,16-17,22,32H,12-15H2,1H3/t22-/m1/s1. The summed E-state index contributed by atoms with van der Waals surface area (Å²) < 4.78 is 6.96. The topological polar surface area (TPSA) is 70.0 Å². The molecule has 0 amide bonds. The number of piperazine rings is 1. The predicted molar refractivity (Wildman–Crippen MR) is 133 cm³/mol. The lowest BCUT2D eigenvalue weighted by Gasteiger charge is -2.40. The highest BCUT2D eigenvalue weighted by molar-refractivity contribution is 7.17. The van der Waals surface area contributed by atoms with Crippen LogP contribution >= 0.6 is 11.3 Å². The van der Waals surface area contributed by atoms with E-state index in [2.05, 4.69) is 81.4 Å². The van der Waals surface area contributed by atoms with Gasteiger partial charge in [-0.25, -0.2) is 0 Å². The van der Waals surface area contributed by atoms with E-state index in [9.17, 15) is 5.11 Å². The van der Waals surface area contributed by atoms with Crippen molar-refractivity contribution in [3.8, 4) is 17.5 Å². The second-order valence-electron chi connectivity index (χ2n) is 8.57. The number of rotatable bonds is 5. The van der Waals surface area contributed by atoms with Gasteiger partial charge >= 0.3 is 0 Å². The van der Waals surface area contributed by atoms with Crippen LogP contribution in [0.3, 0.4) is 0 Å². The van der Waals surface area contributed by atoms with Crippen molar-refractivity contribution in [1.29, 1.82) is 0 Å². The first kappa shape index (κ1) is 20.9. The van der Waals surface area contributed by atoms with Gasteiger partial charge in [0.1, 0.15) is 0 Å². The number of thiazole rings is 1. The molecule has 1 saturated heterocycles. The van der Waals surface area contributed by atoms with Crippen LogP contribution in [0.25, 0.3) is 16.5 Å². The number of hydrogen-bond donors (Lipinski definition) is 1. The highest BCUT2D eigenvalue weighted by Gasteiger charge is 2.32. The van der Waals surface area contributed by atoms with E-state index in [1.165, 1.54) is 32.7 Å². The first-order valence-electron chi connectivity index (χ1n) is 11.4. The van der Waals surface area contributed by atoms with Gasteiger partial charge in [0.05, 0.1) is 17.2 Å². The molecule has 3 aromatic heterocycles. The Bertz CT molecular complexity index is 1400. The second kappa shape index (κ2) is 8.62. The van der Waals surface area contributed by atoms with Crippen molar-refractivity contribution in [3.05, 3.63) is 89.0 Å². The minimum Gasteiger partial charge on any atom is -0.492 e. The second-order valence-corrected chi connectivity index (χ2v) is 9.58. The fourth-order valence-electron chi connectivity index (χ4n) is 4.68. The molecule has 0 aliphatic carbocycles. The van der Waals surface area contributed by atoms with E-state index >= 15 is 0 Å². The van der Waals surface area contributed by atoms with Gasteiger partial charge < -0.3 is 14.4 Å². The normalized spacial score (nSPS) is 15.7. The third-order valence-corrected chi connectivity index (χ3v) is 7.42. The van der Waals surface area contributed by atoms with Gasteiger partial charge in [0.25, 0.3) is 0 Å². The van der Waals surface area contributed by atoms with E-state index in [1.807, 2.05) is 6.07 Å². The van der Waals surface area contributed by atoms with Crippen molar-refractivity contribution in [2.24, 2.45) is 0 Å². The lowest BCUT2D eigenvalue weighted by atomic mass is 10.0. The number of fused-ring (bicyclic) bond motifs is 1. The average Bonchev–Trinajstić information content (AvgIpc) is 3.60. The summed E-state index contributed by atoms with van der Waals surface area (Å²) >= 11 is 1.48. The summed E-state index contributed by atoms with van der Waals surface area (Å²) in [6, 6.07) is 22.6. The van der Waals surface area contributed by atoms with Crippen LogP contribution in [-0.2, 0) is 0 Å². The number of aryl methyl sites for hydroxylation is 1. The van der Waals surface area contributed by atoms with Crippen molar-refractivity contribution in [2.45, 2.75) is 13.0 Å². The molecule has 0 saturated carbocycles. The summed E-state index contributed by atoms with van der Waals surface area (Å²) in [5.74, 6) is 1.20. The molecule has 0 unspecified atom stereocenters. The average molecular weight is 472 g/mol. The Morgan fingerprint density at radius 1 is 0.971 bits per heavy atom. The molecule has 0 spiro atoms. The molecule has 7 nitrogen and oxygen atoms in total. The fraction of sp³-hybridized carbons (Fsp3) is 0.231. The van der Waals surface area contributed by atoms with Gasteiger partial charge in [-0.05, 0) is 36.8 Å². The Balaban J connectivity index is 1.35. The van der Waals surface area contributed by atoms with Gasteiger partial charge in [-0.2, -0.15) is 9.50 Å². The first-order valence-corrected chi connectivity index (χ1v) is 12.2. The molecular weight excluding hydrogens is 446 g/mol. The van der Waals surface area contributed by atoms with Gasteiger partial charge in [0, 0.05) is 31.9 Å². The largest absolute Gasteiger partial charge is 0.492 e. The van der Waals surface area contributed by atoms with Crippen molar-refractivity contribution in [3.63, 3.8) is 0 Å². The van der Waals surface area contributed by atoms with E-state index in [0.717, 1.165) is 31.1 Å². The summed E-state index contributed by atoms with van der Waals surface area (Å²) in [5, 5.41) is 15.8. The monoisotopic (exact) mass is 471 g/mol. The Hall–Kier alpha value is -3.62. The Kier molecular flexibility index (Phi) is 5.31. The van der Waals surface area contributed by atoms with Crippen LogP contribution in [0.1, 0.15) is 22.0 Å². The molecule has 1 fully saturated rings. The maximum Gasteiger partial charge on any atom is 0.230 e. The minimum atomic E-state index is -0.0709. The molecule has 1 N–H and O–H groups in total. The van der Waals surface area contributed by atoms with Gasteiger partial charge in [0.15, 0.2) is 5.76 Å². The molecule has 2 aromatic carbocycles. The highest BCUT2D eigenvalue weighted by Crippen LogP contribution is 2.41. The van der Waals surface area contributed by atoms with Gasteiger partial charge in [-0.3, -0.25) is 4.90 Å². The Morgan fingerprint density at radius 2 is 1.79 bits per heavy atom. The molecule has 1 atom stereocenters. The van der Waals surface area contributed by atoms with Gasteiger partial charge in [-0.1, -0.05) is 59.4 Å². The van der Waals surface area contributed by atoms with E-state index in [-0.39, 0.29) is 11.9 Å². The third kappa shape index (κ3) is 3.74. The molecule has 6 rings (SSSR count). The van der Waals surface area contributed by atoms with Crippen molar-refractivity contribution < 1.29 is 9.52 Å². The molecule has 172 valence electrons. The molecular formula is C26H25N5O2S. The van der Waals surface area contributed by atoms with Crippen LogP contribution in [0.2, 0.25) is 0 Å². The quantitative estimate of drug-likeness (QED) is 0.390. The van der Waals surface area contributed by atoms with E-state index in [0.29, 0.717) is 16.5 Å². The van der Waals surface area contributed by atoms with Gasteiger partial charge in [0.2, 0.25) is 16.7 Å². The number of aromatic nitrogens is 3. The summed E-state index contributed by atoms with van der Waals surface area (Å²) in [5.41, 5.74) is 3.62. The zero-order valence-electron chi connectivity index (χ0n) is 18.8. The van der Waals surface area contributed by atoms with Gasteiger partial charge in [-0.15, -0.1) is 5.10 Å². The van der Waals surface area contributed by atoms with Crippen LogP contribution in [0.5, 0.6) is 5.88 Å². The third-order valence-electron chi connectivity index (χ3n) is 6.35. The smallest absolute Gasteiger partial charge is 0.230 e. The molecule has 0 bridgehead atoms. The molecule has 4 heterocycles. The number of hydrogen-bond acceptors (Lipinski definition) is 7. The van der Waals surface area contributed by atoms with E-state index in [4.69, 9.17) is 4.42 Å². The SMILES string of the molecule is Cc1cccc([C@H](c2sc3nc(-c4ccco4)nn3c2O)N2CCN(c3ccccc3)CC2)c1. The molecule has 0 radical (unpaired) electrons. The number of nitrogens with zero attached hydrogens (tertiary/aromatic N) is 5. The van der Waals surface area contributed by atoms with Crippen molar-refractivity contribution in [2.75, 3.05) is 31.1 Å².